The van der Waals surface area contributed by atoms with Gasteiger partial charge in [0.25, 0.3) is 0 Å². The molecular formula is C25H34BrN3O4S. The molecule has 0 heterocycles. The highest BCUT2D eigenvalue weighted by Crippen LogP contribution is 2.24. The summed E-state index contributed by atoms with van der Waals surface area (Å²) >= 11 is 3.40. The minimum absolute atomic E-state index is 0.173. The van der Waals surface area contributed by atoms with Crippen molar-refractivity contribution in [2.24, 2.45) is 5.92 Å². The molecule has 34 heavy (non-hydrogen) atoms. The molecule has 0 aliphatic carbocycles. The van der Waals surface area contributed by atoms with Crippen molar-refractivity contribution in [3.8, 4) is 0 Å². The number of amides is 2. The van der Waals surface area contributed by atoms with E-state index in [1.807, 2.05) is 64.1 Å². The number of hydrogen-bond donors (Lipinski definition) is 1. The molecule has 0 spiro atoms. The molecule has 186 valence electrons. The van der Waals surface area contributed by atoms with Gasteiger partial charge >= 0.3 is 0 Å². The Labute approximate surface area is 211 Å². The minimum atomic E-state index is -3.75. The van der Waals surface area contributed by atoms with Gasteiger partial charge in [-0.15, -0.1) is 0 Å². The van der Waals surface area contributed by atoms with Crippen molar-refractivity contribution in [2.75, 3.05) is 23.7 Å². The van der Waals surface area contributed by atoms with E-state index in [1.165, 1.54) is 4.90 Å². The number of halogens is 1. The second-order valence-electron chi connectivity index (χ2n) is 9.02. The van der Waals surface area contributed by atoms with Crippen LogP contribution in [0.4, 0.5) is 5.69 Å². The number of aryl methyl sites for hydroxylation is 2. The zero-order chi connectivity index (χ0) is 25.6. The summed E-state index contributed by atoms with van der Waals surface area (Å²) in [6.07, 6.45) is 1.08. The SMILES string of the molecule is Cc1ccc(N(CC(=O)N(Cc2ccc(Br)cc2)C(C)C(=O)NCC(C)C)S(C)(=O)=O)c(C)c1. The van der Waals surface area contributed by atoms with E-state index in [9.17, 15) is 18.0 Å². The van der Waals surface area contributed by atoms with Crippen LogP contribution in [0.3, 0.4) is 0 Å². The van der Waals surface area contributed by atoms with Crippen LogP contribution in [0.2, 0.25) is 0 Å². The third kappa shape index (κ3) is 7.84. The van der Waals surface area contributed by atoms with E-state index in [0.29, 0.717) is 12.2 Å². The fourth-order valence-corrected chi connectivity index (χ4v) is 4.67. The van der Waals surface area contributed by atoms with Crippen molar-refractivity contribution in [1.82, 2.24) is 10.2 Å². The van der Waals surface area contributed by atoms with Crippen molar-refractivity contribution >= 4 is 43.5 Å². The van der Waals surface area contributed by atoms with E-state index in [4.69, 9.17) is 0 Å². The molecule has 2 rings (SSSR count). The third-order valence-electron chi connectivity index (χ3n) is 5.42. The minimum Gasteiger partial charge on any atom is -0.354 e. The molecule has 1 unspecified atom stereocenters. The highest BCUT2D eigenvalue weighted by atomic mass is 79.9. The molecule has 2 aromatic carbocycles. The number of nitrogens with one attached hydrogen (secondary N) is 1. The van der Waals surface area contributed by atoms with E-state index in [1.54, 1.807) is 13.0 Å². The summed E-state index contributed by atoms with van der Waals surface area (Å²) in [5.41, 5.74) is 3.02. The Balaban J connectivity index is 2.39. The molecule has 1 N–H and O–H groups in total. The van der Waals surface area contributed by atoms with Gasteiger partial charge in [0.1, 0.15) is 12.6 Å². The maximum atomic E-state index is 13.5. The van der Waals surface area contributed by atoms with Crippen LogP contribution in [0.1, 0.15) is 37.5 Å². The molecule has 2 amide bonds. The number of carbonyl (C=O) groups excluding carboxylic acids is 2. The van der Waals surface area contributed by atoms with Crippen LogP contribution in [-0.4, -0.2) is 50.5 Å². The number of rotatable bonds is 10. The van der Waals surface area contributed by atoms with Gasteiger partial charge in [0.2, 0.25) is 21.8 Å². The summed E-state index contributed by atoms with van der Waals surface area (Å²) in [6, 6.07) is 12.1. The number of sulfonamides is 1. The largest absolute Gasteiger partial charge is 0.354 e. The normalized spacial score (nSPS) is 12.4. The lowest BCUT2D eigenvalue weighted by Crippen LogP contribution is -2.51. The van der Waals surface area contributed by atoms with Crippen LogP contribution in [0.25, 0.3) is 0 Å². The van der Waals surface area contributed by atoms with Crippen LogP contribution in [0.5, 0.6) is 0 Å². The third-order valence-corrected chi connectivity index (χ3v) is 7.07. The van der Waals surface area contributed by atoms with Crippen molar-refractivity contribution in [3.05, 3.63) is 63.6 Å². The number of carbonyl (C=O) groups is 2. The molecule has 0 fully saturated rings. The Kier molecular flexibility index (Phi) is 9.70. The molecule has 2 aromatic rings. The molecule has 0 bridgehead atoms. The van der Waals surface area contributed by atoms with E-state index in [0.717, 1.165) is 31.7 Å². The lowest BCUT2D eigenvalue weighted by atomic mass is 10.1. The smallest absolute Gasteiger partial charge is 0.244 e. The maximum absolute atomic E-state index is 13.5. The van der Waals surface area contributed by atoms with Crippen LogP contribution in [0, 0.1) is 19.8 Å². The van der Waals surface area contributed by atoms with Gasteiger partial charge in [0, 0.05) is 17.6 Å². The van der Waals surface area contributed by atoms with E-state index in [2.05, 4.69) is 21.2 Å². The van der Waals surface area contributed by atoms with Crippen molar-refractivity contribution in [2.45, 2.75) is 47.2 Å². The Morgan fingerprint density at radius 2 is 1.65 bits per heavy atom. The lowest BCUT2D eigenvalue weighted by molar-refractivity contribution is -0.139. The summed E-state index contributed by atoms with van der Waals surface area (Å²) in [4.78, 5) is 27.8. The lowest BCUT2D eigenvalue weighted by Gasteiger charge is -2.32. The standard InChI is InChI=1S/C25H34BrN3O4S/c1-17(2)14-27-25(31)20(5)28(15-21-8-10-22(26)11-9-21)24(30)16-29(34(6,32)33)23-12-7-18(3)13-19(23)4/h7-13,17,20H,14-16H2,1-6H3,(H,27,31). The van der Waals surface area contributed by atoms with Crippen molar-refractivity contribution < 1.29 is 18.0 Å². The predicted octanol–water partition coefficient (Wildman–Crippen LogP) is 4.02. The van der Waals surface area contributed by atoms with Gasteiger partial charge in [0.15, 0.2) is 0 Å². The number of benzene rings is 2. The molecule has 0 aliphatic heterocycles. The summed E-state index contributed by atoms with van der Waals surface area (Å²) in [7, 11) is -3.75. The molecule has 0 saturated carbocycles. The molecule has 1 atom stereocenters. The highest BCUT2D eigenvalue weighted by Gasteiger charge is 2.30. The molecule has 0 aromatic heterocycles. The average molecular weight is 553 g/mol. The Morgan fingerprint density at radius 3 is 2.18 bits per heavy atom. The number of hydrogen-bond acceptors (Lipinski definition) is 4. The summed E-state index contributed by atoms with van der Waals surface area (Å²) in [6.45, 7) is 9.63. The molecular weight excluding hydrogens is 518 g/mol. The average Bonchev–Trinajstić information content (AvgIpc) is 2.74. The molecule has 7 nitrogen and oxygen atoms in total. The van der Waals surface area contributed by atoms with Crippen LogP contribution >= 0.6 is 15.9 Å². The van der Waals surface area contributed by atoms with Gasteiger partial charge in [-0.3, -0.25) is 13.9 Å². The fraction of sp³-hybridized carbons (Fsp3) is 0.440. The second kappa shape index (κ2) is 11.8. The first kappa shape index (κ1) is 27.9. The molecule has 0 aliphatic rings. The summed E-state index contributed by atoms with van der Waals surface area (Å²) < 4.78 is 27.4. The molecule has 9 heteroatoms. The van der Waals surface area contributed by atoms with Crippen molar-refractivity contribution in [3.63, 3.8) is 0 Å². The van der Waals surface area contributed by atoms with Gasteiger partial charge in [-0.2, -0.15) is 0 Å². The first-order valence-corrected chi connectivity index (χ1v) is 13.8. The Morgan fingerprint density at radius 1 is 1.03 bits per heavy atom. The van der Waals surface area contributed by atoms with Gasteiger partial charge in [0.05, 0.1) is 11.9 Å². The first-order valence-electron chi connectivity index (χ1n) is 11.2. The first-order chi connectivity index (χ1) is 15.8. The topological polar surface area (TPSA) is 86.8 Å². The quantitative estimate of drug-likeness (QED) is 0.483. The number of nitrogens with zero attached hydrogens (tertiary/aromatic N) is 2. The predicted molar refractivity (Wildman–Crippen MR) is 140 cm³/mol. The van der Waals surface area contributed by atoms with Gasteiger partial charge in [-0.05, 0) is 56.0 Å². The molecule has 0 radical (unpaired) electrons. The molecule has 0 saturated heterocycles. The summed E-state index contributed by atoms with van der Waals surface area (Å²) in [5, 5.41) is 2.87. The van der Waals surface area contributed by atoms with Gasteiger partial charge in [-0.1, -0.05) is 59.6 Å². The monoisotopic (exact) mass is 551 g/mol. The second-order valence-corrected chi connectivity index (χ2v) is 11.8. The Hall–Kier alpha value is -2.39. The van der Waals surface area contributed by atoms with Crippen LogP contribution in [-0.2, 0) is 26.2 Å². The van der Waals surface area contributed by atoms with Crippen LogP contribution < -0.4 is 9.62 Å². The number of anilines is 1. The Bertz CT molecular complexity index is 1120. The zero-order valence-corrected chi connectivity index (χ0v) is 23.0. The van der Waals surface area contributed by atoms with E-state index >= 15 is 0 Å². The highest BCUT2D eigenvalue weighted by molar-refractivity contribution is 9.10. The summed E-state index contributed by atoms with van der Waals surface area (Å²) in [5.74, 6) is -0.478. The maximum Gasteiger partial charge on any atom is 0.244 e. The zero-order valence-electron chi connectivity index (χ0n) is 20.6. The van der Waals surface area contributed by atoms with Gasteiger partial charge < -0.3 is 10.2 Å². The van der Waals surface area contributed by atoms with Crippen molar-refractivity contribution in [1.29, 1.82) is 0 Å². The van der Waals surface area contributed by atoms with Gasteiger partial charge in [-0.25, -0.2) is 8.42 Å². The van der Waals surface area contributed by atoms with E-state index < -0.39 is 28.5 Å². The fourth-order valence-electron chi connectivity index (χ4n) is 3.50. The van der Waals surface area contributed by atoms with E-state index in [-0.39, 0.29) is 18.4 Å². The van der Waals surface area contributed by atoms with Crippen LogP contribution in [0.15, 0.2) is 46.9 Å².